The minimum atomic E-state index is -4.27. The van der Waals surface area contributed by atoms with E-state index in [4.69, 9.17) is 4.42 Å². The molecule has 0 saturated carbocycles. The van der Waals surface area contributed by atoms with E-state index < -0.39 is 27.0 Å². The lowest BCUT2D eigenvalue weighted by atomic mass is 10.1. The zero-order valence-corrected chi connectivity index (χ0v) is 20.8. The highest BCUT2D eigenvalue weighted by Gasteiger charge is 2.40. The summed E-state index contributed by atoms with van der Waals surface area (Å²) in [6.45, 7) is 4.19. The Morgan fingerprint density at radius 3 is 2.11 bits per heavy atom. The number of sulfone groups is 1. The fourth-order valence-electron chi connectivity index (χ4n) is 4.01. The quantitative estimate of drug-likeness (QED) is 0.546. The second-order valence-corrected chi connectivity index (χ2v) is 10.7. The second-order valence-electron chi connectivity index (χ2n) is 8.62. The number of hydrogen-bond donors (Lipinski definition) is 1. The average Bonchev–Trinajstić information content (AvgIpc) is 3.42. The first kappa shape index (κ1) is 25.2. The number of carbonyl (C=O) groups is 3. The molecular weight excluding hydrogens is 482 g/mol. The molecule has 0 radical (unpaired) electrons. The SMILES string of the molecule is Cc1ccc(S(=O)(=O)C(NC(=O)c2ccccc2C)C(=O)N2CCN(C(=O)c3ccco3)CC2)cc1. The van der Waals surface area contributed by atoms with Crippen LogP contribution in [-0.4, -0.2) is 67.5 Å². The van der Waals surface area contributed by atoms with Crippen LogP contribution in [-0.2, 0) is 14.6 Å². The summed E-state index contributed by atoms with van der Waals surface area (Å²) in [7, 11) is -4.27. The fraction of sp³-hybridized carbons (Fsp3) is 0.269. The Morgan fingerprint density at radius 2 is 1.50 bits per heavy atom. The van der Waals surface area contributed by atoms with Crippen molar-refractivity contribution in [3.63, 3.8) is 0 Å². The molecule has 1 aliphatic rings. The molecule has 1 fully saturated rings. The molecule has 0 bridgehead atoms. The summed E-state index contributed by atoms with van der Waals surface area (Å²) in [5.41, 5.74) is 1.79. The molecule has 1 atom stereocenters. The van der Waals surface area contributed by atoms with E-state index in [1.807, 2.05) is 6.92 Å². The minimum Gasteiger partial charge on any atom is -0.459 e. The van der Waals surface area contributed by atoms with Gasteiger partial charge in [-0.2, -0.15) is 0 Å². The Kier molecular flexibility index (Phi) is 7.25. The molecule has 2 heterocycles. The maximum atomic E-state index is 13.6. The Hall–Kier alpha value is -3.92. The standard InChI is InChI=1S/C26H27N3O6S/c1-18-9-11-20(12-10-18)36(33,34)24(27-23(30)21-7-4-3-6-19(21)2)26(32)29-15-13-28(14-16-29)25(31)22-8-5-17-35-22/h3-12,17,24H,13-16H2,1-2H3,(H,27,30). The summed E-state index contributed by atoms with van der Waals surface area (Å²) in [6.07, 6.45) is 1.41. The zero-order chi connectivity index (χ0) is 25.9. The van der Waals surface area contributed by atoms with Gasteiger partial charge < -0.3 is 19.5 Å². The van der Waals surface area contributed by atoms with Gasteiger partial charge in [0.1, 0.15) is 0 Å². The lowest BCUT2D eigenvalue weighted by Gasteiger charge is -2.36. The van der Waals surface area contributed by atoms with Crippen molar-refractivity contribution in [2.45, 2.75) is 24.1 Å². The predicted octanol–water partition coefficient (Wildman–Crippen LogP) is 2.41. The van der Waals surface area contributed by atoms with Crippen LogP contribution in [0.4, 0.5) is 0 Å². The Balaban J connectivity index is 1.58. The van der Waals surface area contributed by atoms with Gasteiger partial charge in [0.15, 0.2) is 5.76 Å². The molecule has 188 valence electrons. The number of benzene rings is 2. The van der Waals surface area contributed by atoms with E-state index >= 15 is 0 Å². The average molecular weight is 510 g/mol. The van der Waals surface area contributed by atoms with Crippen LogP contribution in [0.3, 0.4) is 0 Å². The third-order valence-corrected chi connectivity index (χ3v) is 8.02. The maximum Gasteiger partial charge on any atom is 0.289 e. The molecular formula is C26H27N3O6S. The van der Waals surface area contributed by atoms with Crippen LogP contribution in [0.2, 0.25) is 0 Å². The van der Waals surface area contributed by atoms with Crippen molar-refractivity contribution >= 4 is 27.6 Å². The molecule has 1 saturated heterocycles. The molecule has 1 aliphatic heterocycles. The molecule has 0 spiro atoms. The van der Waals surface area contributed by atoms with Crippen molar-refractivity contribution in [3.8, 4) is 0 Å². The molecule has 10 heteroatoms. The molecule has 1 aromatic heterocycles. The zero-order valence-electron chi connectivity index (χ0n) is 20.0. The molecule has 1 N–H and O–H groups in total. The van der Waals surface area contributed by atoms with E-state index in [2.05, 4.69) is 5.32 Å². The number of furan rings is 1. The summed E-state index contributed by atoms with van der Waals surface area (Å²) in [6, 6.07) is 16.0. The van der Waals surface area contributed by atoms with Crippen LogP contribution >= 0.6 is 0 Å². The van der Waals surface area contributed by atoms with Gasteiger partial charge in [0.05, 0.1) is 11.2 Å². The van der Waals surface area contributed by atoms with Gasteiger partial charge in [-0.3, -0.25) is 14.4 Å². The molecule has 2 aromatic carbocycles. The predicted molar refractivity (Wildman–Crippen MR) is 132 cm³/mol. The largest absolute Gasteiger partial charge is 0.459 e. The number of rotatable bonds is 6. The monoisotopic (exact) mass is 509 g/mol. The van der Waals surface area contributed by atoms with Crippen molar-refractivity contribution in [3.05, 3.63) is 89.4 Å². The van der Waals surface area contributed by atoms with Gasteiger partial charge in [0.2, 0.25) is 15.2 Å². The van der Waals surface area contributed by atoms with Gasteiger partial charge in [0, 0.05) is 31.7 Å². The highest BCUT2D eigenvalue weighted by molar-refractivity contribution is 7.92. The third kappa shape index (κ3) is 5.18. The first-order valence-corrected chi connectivity index (χ1v) is 13.0. The number of piperazine rings is 1. The highest BCUT2D eigenvalue weighted by Crippen LogP contribution is 2.20. The van der Waals surface area contributed by atoms with E-state index in [1.165, 1.54) is 28.2 Å². The van der Waals surface area contributed by atoms with Crippen molar-refractivity contribution in [2.24, 2.45) is 0 Å². The third-order valence-electron chi connectivity index (χ3n) is 6.15. The normalized spacial score (nSPS) is 14.8. The first-order chi connectivity index (χ1) is 17.2. The van der Waals surface area contributed by atoms with E-state index in [9.17, 15) is 22.8 Å². The Morgan fingerprint density at radius 1 is 0.861 bits per heavy atom. The number of hydrogen-bond acceptors (Lipinski definition) is 6. The summed E-state index contributed by atoms with van der Waals surface area (Å²) in [5, 5.41) is 0.648. The molecule has 3 amide bonds. The molecule has 0 aliphatic carbocycles. The van der Waals surface area contributed by atoms with E-state index in [-0.39, 0.29) is 48.3 Å². The van der Waals surface area contributed by atoms with Gasteiger partial charge in [-0.25, -0.2) is 8.42 Å². The van der Waals surface area contributed by atoms with Gasteiger partial charge in [-0.15, -0.1) is 0 Å². The lowest BCUT2D eigenvalue weighted by molar-refractivity contribution is -0.132. The molecule has 9 nitrogen and oxygen atoms in total. The summed E-state index contributed by atoms with van der Waals surface area (Å²) < 4.78 is 32.3. The van der Waals surface area contributed by atoms with Gasteiger partial charge in [-0.05, 0) is 49.7 Å². The fourth-order valence-corrected chi connectivity index (χ4v) is 5.48. The van der Waals surface area contributed by atoms with Crippen LogP contribution in [0.25, 0.3) is 0 Å². The van der Waals surface area contributed by atoms with Gasteiger partial charge in [0.25, 0.3) is 17.7 Å². The Bertz CT molecular complexity index is 1360. The van der Waals surface area contributed by atoms with Crippen LogP contribution in [0.15, 0.2) is 76.2 Å². The first-order valence-electron chi connectivity index (χ1n) is 11.5. The molecule has 3 aromatic rings. The number of carbonyl (C=O) groups excluding carboxylic acids is 3. The van der Waals surface area contributed by atoms with Crippen molar-refractivity contribution in [1.29, 1.82) is 0 Å². The molecule has 36 heavy (non-hydrogen) atoms. The second kappa shape index (κ2) is 10.4. The number of nitrogens with one attached hydrogen (secondary N) is 1. The van der Waals surface area contributed by atoms with E-state index in [0.717, 1.165) is 5.56 Å². The molecule has 1 unspecified atom stereocenters. The minimum absolute atomic E-state index is 0.0665. The van der Waals surface area contributed by atoms with Crippen LogP contribution in [0, 0.1) is 13.8 Å². The van der Waals surface area contributed by atoms with Crippen molar-refractivity contribution in [1.82, 2.24) is 15.1 Å². The van der Waals surface area contributed by atoms with Crippen LogP contribution in [0.5, 0.6) is 0 Å². The summed E-state index contributed by atoms with van der Waals surface area (Å²) >= 11 is 0. The van der Waals surface area contributed by atoms with Crippen molar-refractivity contribution < 1.29 is 27.2 Å². The molecule has 4 rings (SSSR count). The Labute approximate surface area is 209 Å². The lowest BCUT2D eigenvalue weighted by Crippen LogP contribution is -2.57. The van der Waals surface area contributed by atoms with Crippen LogP contribution < -0.4 is 5.32 Å². The van der Waals surface area contributed by atoms with Crippen LogP contribution in [0.1, 0.15) is 32.0 Å². The maximum absolute atomic E-state index is 13.6. The number of nitrogens with zero attached hydrogens (tertiary/aromatic N) is 2. The summed E-state index contributed by atoms with van der Waals surface area (Å²) in [4.78, 5) is 42.0. The summed E-state index contributed by atoms with van der Waals surface area (Å²) in [5.74, 6) is -1.51. The topological polar surface area (TPSA) is 117 Å². The van der Waals surface area contributed by atoms with Crippen molar-refractivity contribution in [2.75, 3.05) is 26.2 Å². The van der Waals surface area contributed by atoms with E-state index in [0.29, 0.717) is 5.56 Å². The van der Waals surface area contributed by atoms with Gasteiger partial charge in [-0.1, -0.05) is 35.9 Å². The van der Waals surface area contributed by atoms with E-state index in [1.54, 1.807) is 55.5 Å². The highest BCUT2D eigenvalue weighted by atomic mass is 32.2. The smallest absolute Gasteiger partial charge is 0.289 e. The van der Waals surface area contributed by atoms with Gasteiger partial charge >= 0.3 is 0 Å². The number of amides is 3. The number of aryl methyl sites for hydroxylation is 2.